The molecule has 0 spiro atoms. The maximum atomic E-state index is 11.5. The number of hydrogen-bond acceptors (Lipinski definition) is 4. The lowest BCUT2D eigenvalue weighted by Gasteiger charge is -2.32. The van der Waals surface area contributed by atoms with Crippen molar-refractivity contribution < 1.29 is 8.42 Å². The normalized spacial score (nSPS) is 12.0. The number of aromatic nitrogens is 1. The molecule has 4 aromatic rings. The van der Waals surface area contributed by atoms with E-state index in [9.17, 15) is 8.42 Å². The molecule has 32 heavy (non-hydrogen) atoms. The van der Waals surface area contributed by atoms with Crippen molar-refractivity contribution in [2.24, 2.45) is 0 Å². The summed E-state index contributed by atoms with van der Waals surface area (Å²) in [5.74, 6) is 0. The molecule has 0 unspecified atom stereocenters. The molecule has 3 aromatic carbocycles. The molecule has 4 nitrogen and oxygen atoms in total. The molecule has 0 amide bonds. The molecule has 7 heteroatoms. The van der Waals surface area contributed by atoms with Gasteiger partial charge in [-0.3, -0.25) is 4.72 Å². The number of halogens is 1. The van der Waals surface area contributed by atoms with Crippen molar-refractivity contribution in [3.63, 3.8) is 0 Å². The fourth-order valence-electron chi connectivity index (χ4n) is 3.99. The molecule has 0 fully saturated rings. The Morgan fingerprint density at radius 2 is 1.44 bits per heavy atom. The minimum Gasteiger partial charge on any atom is -0.284 e. The molecule has 1 aromatic heterocycles. The third-order valence-electron chi connectivity index (χ3n) is 5.48. The van der Waals surface area contributed by atoms with E-state index in [1.807, 2.05) is 48.5 Å². The van der Waals surface area contributed by atoms with Crippen LogP contribution in [0.15, 0.2) is 84.9 Å². The van der Waals surface area contributed by atoms with Gasteiger partial charge in [-0.25, -0.2) is 13.4 Å². The van der Waals surface area contributed by atoms with Crippen molar-refractivity contribution in [3.05, 3.63) is 105 Å². The number of rotatable bonds is 7. The smallest absolute Gasteiger partial charge is 0.229 e. The quantitative estimate of drug-likeness (QED) is 0.323. The highest BCUT2D eigenvalue weighted by molar-refractivity contribution is 7.92. The zero-order valence-corrected chi connectivity index (χ0v) is 20.1. The van der Waals surface area contributed by atoms with Crippen molar-refractivity contribution in [1.82, 2.24) is 4.98 Å². The molecule has 0 radical (unpaired) electrons. The zero-order chi connectivity index (χ0) is 22.8. The summed E-state index contributed by atoms with van der Waals surface area (Å²) in [5, 5.41) is 0.927. The van der Waals surface area contributed by atoms with Crippen LogP contribution in [0.25, 0.3) is 11.3 Å². The molecule has 1 heterocycles. The zero-order valence-electron chi connectivity index (χ0n) is 17.7. The van der Waals surface area contributed by atoms with Gasteiger partial charge >= 0.3 is 0 Å². The topological polar surface area (TPSA) is 59.1 Å². The minimum absolute atomic E-state index is 0.424. The Morgan fingerprint density at radius 3 is 1.91 bits per heavy atom. The summed E-state index contributed by atoms with van der Waals surface area (Å²) >= 11 is 8.20. The van der Waals surface area contributed by atoms with Gasteiger partial charge in [0.05, 0.1) is 11.7 Å². The monoisotopic (exact) mass is 482 g/mol. The van der Waals surface area contributed by atoms with Crippen LogP contribution in [0.1, 0.15) is 29.5 Å². The summed E-state index contributed by atoms with van der Waals surface area (Å²) < 4.78 is 26.0. The number of sulfonamides is 1. The first-order valence-corrected chi connectivity index (χ1v) is 13.3. The van der Waals surface area contributed by atoms with Gasteiger partial charge in [-0.1, -0.05) is 91.3 Å². The van der Waals surface area contributed by atoms with Crippen LogP contribution in [0.5, 0.6) is 0 Å². The maximum Gasteiger partial charge on any atom is 0.229 e. The van der Waals surface area contributed by atoms with Crippen molar-refractivity contribution in [2.75, 3.05) is 11.0 Å². The molecule has 4 rings (SSSR count). The lowest BCUT2D eigenvalue weighted by molar-refractivity contribution is 0.590. The number of nitrogens with zero attached hydrogens (tertiary/aromatic N) is 1. The van der Waals surface area contributed by atoms with E-state index in [0.717, 1.165) is 23.2 Å². The Morgan fingerprint density at radius 1 is 0.906 bits per heavy atom. The molecule has 0 atom stereocenters. The first-order valence-electron chi connectivity index (χ1n) is 10.2. The van der Waals surface area contributed by atoms with E-state index in [1.54, 1.807) is 12.1 Å². The van der Waals surface area contributed by atoms with E-state index >= 15 is 0 Å². The average molecular weight is 483 g/mol. The molecule has 0 bridgehead atoms. The highest BCUT2D eigenvalue weighted by atomic mass is 35.5. The van der Waals surface area contributed by atoms with Gasteiger partial charge in [-0.15, -0.1) is 11.3 Å². The number of thiazole rings is 1. The van der Waals surface area contributed by atoms with Gasteiger partial charge in [-0.2, -0.15) is 0 Å². The van der Waals surface area contributed by atoms with Gasteiger partial charge in [-0.05, 0) is 29.7 Å². The summed E-state index contributed by atoms with van der Waals surface area (Å²) in [6.45, 7) is 2.17. The van der Waals surface area contributed by atoms with Crippen molar-refractivity contribution >= 4 is 38.6 Å². The first kappa shape index (κ1) is 22.5. The summed E-state index contributed by atoms with van der Waals surface area (Å²) in [4.78, 5) is 5.03. The Bertz CT molecular complexity index is 1260. The van der Waals surface area contributed by atoms with Crippen molar-refractivity contribution in [1.29, 1.82) is 0 Å². The van der Waals surface area contributed by atoms with E-state index in [-0.39, 0.29) is 0 Å². The summed E-state index contributed by atoms with van der Waals surface area (Å²) in [5.41, 5.74) is 3.94. The third-order valence-corrected chi connectivity index (χ3v) is 7.50. The van der Waals surface area contributed by atoms with Crippen LogP contribution in [-0.2, 0) is 15.4 Å². The SMILES string of the molecule is CCC(c1ccccc1)(c1ccccc1)c1nc(-c2ccc(NS(C)(=O)=O)cc2)c(Cl)s1. The predicted octanol–water partition coefficient (Wildman–Crippen LogP) is 6.58. The van der Waals surface area contributed by atoms with Crippen LogP contribution in [-0.4, -0.2) is 19.7 Å². The molecular formula is C25H23ClN2O2S2. The highest BCUT2D eigenvalue weighted by Gasteiger charge is 2.38. The predicted molar refractivity (Wildman–Crippen MR) is 134 cm³/mol. The second kappa shape index (κ2) is 9.06. The Labute approximate surface area is 198 Å². The largest absolute Gasteiger partial charge is 0.284 e. The molecule has 1 N–H and O–H groups in total. The fraction of sp³-hybridized carbons (Fsp3) is 0.160. The van der Waals surface area contributed by atoms with Crippen LogP contribution >= 0.6 is 22.9 Å². The highest BCUT2D eigenvalue weighted by Crippen LogP contribution is 2.46. The van der Waals surface area contributed by atoms with Crippen LogP contribution in [0.2, 0.25) is 4.34 Å². The molecule has 0 saturated heterocycles. The number of nitrogens with one attached hydrogen (secondary N) is 1. The third kappa shape index (κ3) is 4.44. The summed E-state index contributed by atoms with van der Waals surface area (Å²) in [6, 6.07) is 27.9. The molecule has 0 aliphatic heterocycles. The standard InChI is InChI=1S/C25H23ClN2O2S2/c1-3-25(19-10-6-4-7-11-19,20-12-8-5-9-13-20)24-27-22(23(26)31-24)18-14-16-21(17-15-18)28-32(2,29)30/h4-17,28H,3H2,1-2H3. The Kier molecular flexibility index (Phi) is 6.38. The lowest BCUT2D eigenvalue weighted by atomic mass is 9.73. The Hall–Kier alpha value is -2.67. The van der Waals surface area contributed by atoms with Crippen molar-refractivity contribution in [2.45, 2.75) is 18.8 Å². The van der Waals surface area contributed by atoms with Crippen LogP contribution in [0.3, 0.4) is 0 Å². The molecule has 0 aliphatic carbocycles. The number of hydrogen-bond donors (Lipinski definition) is 1. The van der Waals surface area contributed by atoms with Gasteiger partial charge in [0.1, 0.15) is 15.0 Å². The average Bonchev–Trinajstić information content (AvgIpc) is 3.17. The number of anilines is 1. The van der Waals surface area contributed by atoms with E-state index in [4.69, 9.17) is 16.6 Å². The maximum absolute atomic E-state index is 11.5. The minimum atomic E-state index is -3.33. The van der Waals surface area contributed by atoms with Crippen LogP contribution in [0, 0.1) is 0 Å². The van der Waals surface area contributed by atoms with Gasteiger partial charge in [0, 0.05) is 11.3 Å². The van der Waals surface area contributed by atoms with Gasteiger partial charge < -0.3 is 0 Å². The first-order chi connectivity index (χ1) is 15.3. The second-order valence-electron chi connectivity index (χ2n) is 7.58. The lowest BCUT2D eigenvalue weighted by Crippen LogP contribution is -2.28. The second-order valence-corrected chi connectivity index (χ2v) is 10.9. The van der Waals surface area contributed by atoms with E-state index < -0.39 is 15.4 Å². The molecule has 164 valence electrons. The van der Waals surface area contributed by atoms with Gasteiger partial charge in [0.2, 0.25) is 10.0 Å². The van der Waals surface area contributed by atoms with Crippen molar-refractivity contribution in [3.8, 4) is 11.3 Å². The summed E-state index contributed by atoms with van der Waals surface area (Å²) in [7, 11) is -3.33. The van der Waals surface area contributed by atoms with E-state index in [1.165, 1.54) is 22.5 Å². The molecular weight excluding hydrogens is 460 g/mol. The van der Waals surface area contributed by atoms with Crippen LogP contribution in [0.4, 0.5) is 5.69 Å². The van der Waals surface area contributed by atoms with Gasteiger partial charge in [0.25, 0.3) is 0 Å². The fourth-order valence-corrected chi connectivity index (χ4v) is 6.05. The molecule has 0 aliphatic rings. The Balaban J connectivity index is 1.83. The van der Waals surface area contributed by atoms with E-state index in [0.29, 0.717) is 15.7 Å². The summed E-state index contributed by atoms with van der Waals surface area (Å²) in [6.07, 6.45) is 1.95. The van der Waals surface area contributed by atoms with E-state index in [2.05, 4.69) is 35.9 Å². The molecule has 0 saturated carbocycles. The van der Waals surface area contributed by atoms with Gasteiger partial charge in [0.15, 0.2) is 0 Å². The van der Waals surface area contributed by atoms with Crippen LogP contribution < -0.4 is 4.72 Å². The number of benzene rings is 3.